The number of fused-ring (bicyclic) bond motifs is 3. The highest BCUT2D eigenvalue weighted by molar-refractivity contribution is 6.12. The predicted molar refractivity (Wildman–Crippen MR) is 114 cm³/mol. The smallest absolute Gasteiger partial charge is 0.331 e. The minimum absolute atomic E-state index is 0.0562. The highest BCUT2D eigenvalue weighted by Crippen LogP contribution is 2.33. The van der Waals surface area contributed by atoms with Gasteiger partial charge in [-0.3, -0.25) is 10.1 Å². The first-order valence-corrected chi connectivity index (χ1v) is 9.70. The molecule has 29 heavy (non-hydrogen) atoms. The summed E-state index contributed by atoms with van der Waals surface area (Å²) in [7, 11) is 0. The van der Waals surface area contributed by atoms with Crippen molar-refractivity contribution in [1.29, 1.82) is 0 Å². The maximum Gasteiger partial charge on any atom is 0.331 e. The molecule has 2 aromatic carbocycles. The zero-order chi connectivity index (χ0) is 21.3. The molecule has 3 aromatic rings. The molecule has 0 radical (unpaired) electrons. The van der Waals surface area contributed by atoms with Crippen LogP contribution in [0.4, 0.5) is 5.69 Å². The van der Waals surface area contributed by atoms with E-state index in [-0.39, 0.29) is 22.4 Å². The molecule has 0 saturated carbocycles. The molecular weight excluding hydrogens is 370 g/mol. The summed E-state index contributed by atoms with van der Waals surface area (Å²) in [6.07, 6.45) is 0. The molecule has 0 aliphatic carbocycles. The van der Waals surface area contributed by atoms with E-state index in [0.29, 0.717) is 5.71 Å². The SMILES string of the molecule is CCn1c2ccc(C(=NOC(C)=O)C(C)C(C)C)cc2c2cc([N+](=O)[O-])ccc21. The fourth-order valence-corrected chi connectivity index (χ4v) is 3.53. The molecule has 7 heteroatoms. The Morgan fingerprint density at radius 2 is 1.76 bits per heavy atom. The molecule has 0 aliphatic rings. The molecule has 0 aliphatic heterocycles. The normalized spacial score (nSPS) is 13.2. The van der Waals surface area contributed by atoms with Crippen molar-refractivity contribution in [2.24, 2.45) is 17.0 Å². The lowest BCUT2D eigenvalue weighted by molar-refractivity contribution is -0.384. The van der Waals surface area contributed by atoms with Crippen LogP contribution in [0.15, 0.2) is 41.6 Å². The third-order valence-corrected chi connectivity index (χ3v) is 5.38. The second-order valence-corrected chi connectivity index (χ2v) is 7.53. The summed E-state index contributed by atoms with van der Waals surface area (Å²) in [6, 6.07) is 10.9. The maximum atomic E-state index is 11.3. The molecule has 0 spiro atoms. The number of nitrogens with zero attached hydrogens (tertiary/aromatic N) is 3. The van der Waals surface area contributed by atoms with Gasteiger partial charge >= 0.3 is 5.97 Å². The molecule has 152 valence electrons. The third-order valence-electron chi connectivity index (χ3n) is 5.38. The van der Waals surface area contributed by atoms with Crippen LogP contribution in [0.2, 0.25) is 0 Å². The average Bonchev–Trinajstić information content (AvgIpc) is 2.99. The van der Waals surface area contributed by atoms with Crippen molar-refractivity contribution in [3.8, 4) is 0 Å². The van der Waals surface area contributed by atoms with Crippen molar-refractivity contribution in [3.63, 3.8) is 0 Å². The Hall–Kier alpha value is -3.22. The fourth-order valence-electron chi connectivity index (χ4n) is 3.53. The van der Waals surface area contributed by atoms with Crippen LogP contribution in [0.5, 0.6) is 0 Å². The van der Waals surface area contributed by atoms with Gasteiger partial charge in [-0.2, -0.15) is 0 Å². The Bertz CT molecular complexity index is 1130. The number of hydrogen-bond donors (Lipinski definition) is 0. The number of non-ortho nitro benzene ring substituents is 1. The zero-order valence-corrected chi connectivity index (χ0v) is 17.3. The van der Waals surface area contributed by atoms with Gasteiger partial charge in [-0.25, -0.2) is 4.79 Å². The van der Waals surface area contributed by atoms with E-state index in [1.165, 1.54) is 13.0 Å². The van der Waals surface area contributed by atoms with Crippen molar-refractivity contribution in [3.05, 3.63) is 52.1 Å². The van der Waals surface area contributed by atoms with E-state index < -0.39 is 5.97 Å². The van der Waals surface area contributed by atoms with Crippen molar-refractivity contribution < 1.29 is 14.6 Å². The highest BCUT2D eigenvalue weighted by atomic mass is 16.7. The van der Waals surface area contributed by atoms with Gasteiger partial charge in [0.15, 0.2) is 0 Å². The number of carbonyl (C=O) groups is 1. The molecule has 7 nitrogen and oxygen atoms in total. The number of nitro groups is 1. The van der Waals surface area contributed by atoms with Crippen molar-refractivity contribution in [2.45, 2.75) is 41.2 Å². The second kappa shape index (κ2) is 8.03. The van der Waals surface area contributed by atoms with Gasteiger partial charge in [-0.05, 0) is 31.0 Å². The lowest BCUT2D eigenvalue weighted by atomic mass is 9.88. The number of carbonyl (C=O) groups excluding carboxylic acids is 1. The van der Waals surface area contributed by atoms with Gasteiger partial charge in [0.1, 0.15) is 0 Å². The predicted octanol–water partition coefficient (Wildman–Crippen LogP) is 5.28. The monoisotopic (exact) mass is 395 g/mol. The fraction of sp³-hybridized carbons (Fsp3) is 0.364. The Morgan fingerprint density at radius 1 is 1.14 bits per heavy atom. The van der Waals surface area contributed by atoms with Crippen LogP contribution in [-0.2, 0) is 16.2 Å². The Kier molecular flexibility index (Phi) is 5.68. The molecule has 0 bridgehead atoms. The standard InChI is InChI=1S/C22H25N3O4/c1-6-24-20-9-7-16(22(14(4)13(2)3)23-29-15(5)26)11-18(20)19-12-17(25(27)28)8-10-21(19)24/h7-14H,6H2,1-5H3. The summed E-state index contributed by atoms with van der Waals surface area (Å²) in [5, 5.41) is 17.1. The Balaban J connectivity index is 2.27. The van der Waals surface area contributed by atoms with Crippen LogP contribution in [0.1, 0.15) is 40.2 Å². The van der Waals surface area contributed by atoms with Gasteiger partial charge in [0, 0.05) is 58.9 Å². The zero-order valence-electron chi connectivity index (χ0n) is 17.3. The first-order chi connectivity index (χ1) is 13.7. The quantitative estimate of drug-likeness (QED) is 0.246. The number of aromatic nitrogens is 1. The minimum atomic E-state index is -0.474. The van der Waals surface area contributed by atoms with Crippen molar-refractivity contribution >= 4 is 39.2 Å². The second-order valence-electron chi connectivity index (χ2n) is 7.53. The molecule has 1 aromatic heterocycles. The van der Waals surface area contributed by atoms with Crippen molar-refractivity contribution in [2.75, 3.05) is 0 Å². The highest BCUT2D eigenvalue weighted by Gasteiger charge is 2.20. The van der Waals surface area contributed by atoms with Gasteiger partial charge in [0.25, 0.3) is 5.69 Å². The third kappa shape index (κ3) is 3.85. The molecule has 3 rings (SSSR count). The molecule has 0 fully saturated rings. The van der Waals surface area contributed by atoms with Gasteiger partial charge in [-0.1, -0.05) is 32.0 Å². The summed E-state index contributed by atoms with van der Waals surface area (Å²) in [6.45, 7) is 10.3. The largest absolute Gasteiger partial charge is 0.341 e. The van der Waals surface area contributed by atoms with Gasteiger partial charge in [0.05, 0.1) is 10.6 Å². The van der Waals surface area contributed by atoms with E-state index in [9.17, 15) is 14.9 Å². The first kappa shape index (κ1) is 20.5. The van der Waals surface area contributed by atoms with E-state index in [1.54, 1.807) is 12.1 Å². The molecule has 0 saturated heterocycles. The van der Waals surface area contributed by atoms with Crippen LogP contribution >= 0.6 is 0 Å². The summed E-state index contributed by atoms with van der Waals surface area (Å²) in [5.41, 5.74) is 3.51. The van der Waals surface area contributed by atoms with Gasteiger partial charge < -0.3 is 9.40 Å². The lowest BCUT2D eigenvalue weighted by Crippen LogP contribution is -2.19. The van der Waals surface area contributed by atoms with E-state index in [1.807, 2.05) is 32.0 Å². The number of oxime groups is 1. The van der Waals surface area contributed by atoms with Crippen LogP contribution in [0.3, 0.4) is 0 Å². The molecule has 0 amide bonds. The van der Waals surface area contributed by atoms with E-state index >= 15 is 0 Å². The molecule has 0 N–H and O–H groups in total. The van der Waals surface area contributed by atoms with Gasteiger partial charge in [0.2, 0.25) is 0 Å². The Labute approximate surface area is 169 Å². The van der Waals surface area contributed by atoms with E-state index in [2.05, 4.69) is 23.6 Å². The molecular formula is C22H25N3O4. The topological polar surface area (TPSA) is 86.7 Å². The average molecular weight is 395 g/mol. The van der Waals surface area contributed by atoms with Crippen molar-refractivity contribution in [1.82, 2.24) is 4.57 Å². The summed E-state index contributed by atoms with van der Waals surface area (Å²) < 4.78 is 2.13. The van der Waals surface area contributed by atoms with E-state index in [0.717, 1.165) is 33.9 Å². The lowest BCUT2D eigenvalue weighted by Gasteiger charge is -2.18. The van der Waals surface area contributed by atoms with E-state index in [4.69, 9.17) is 4.84 Å². The first-order valence-electron chi connectivity index (χ1n) is 9.70. The van der Waals surface area contributed by atoms with Gasteiger partial charge in [-0.15, -0.1) is 0 Å². The summed E-state index contributed by atoms with van der Waals surface area (Å²) in [4.78, 5) is 27.2. The van der Waals surface area contributed by atoms with Crippen LogP contribution in [-0.4, -0.2) is 21.2 Å². The minimum Gasteiger partial charge on any atom is -0.341 e. The van der Waals surface area contributed by atoms with Crippen LogP contribution < -0.4 is 0 Å². The number of benzene rings is 2. The number of rotatable bonds is 6. The molecule has 1 atom stereocenters. The van der Waals surface area contributed by atoms with Crippen LogP contribution in [0.25, 0.3) is 21.8 Å². The summed E-state index contributed by atoms with van der Waals surface area (Å²) in [5.74, 6) is -0.128. The number of nitro benzene ring substituents is 1. The van der Waals surface area contributed by atoms with Crippen LogP contribution in [0, 0.1) is 22.0 Å². The maximum absolute atomic E-state index is 11.3. The Morgan fingerprint density at radius 3 is 2.31 bits per heavy atom. The number of hydrogen-bond acceptors (Lipinski definition) is 5. The number of aryl methyl sites for hydroxylation is 1. The molecule has 1 heterocycles. The summed E-state index contributed by atoms with van der Waals surface area (Å²) >= 11 is 0. The molecule has 1 unspecified atom stereocenters.